The first-order chi connectivity index (χ1) is 12.2. The Morgan fingerprint density at radius 1 is 1.28 bits per heavy atom. The zero-order valence-corrected chi connectivity index (χ0v) is 14.8. The number of benzene rings is 2. The molecule has 6 heteroatoms. The Morgan fingerprint density at radius 2 is 2.04 bits per heavy atom. The monoisotopic (exact) mass is 360 g/mol. The molecule has 2 amide bonds. The van der Waals surface area contributed by atoms with Gasteiger partial charge in [0.2, 0.25) is 0 Å². The lowest BCUT2D eigenvalue weighted by atomic mass is 10.1. The third-order valence-electron chi connectivity index (χ3n) is 4.02. The summed E-state index contributed by atoms with van der Waals surface area (Å²) in [5.41, 5.74) is 1.68. The molecular formula is C19H21ClN2O3. The molecule has 1 N–H and O–H groups in total. The number of hydrogen-bond donors (Lipinski definition) is 1. The van der Waals surface area contributed by atoms with Crippen LogP contribution in [-0.4, -0.2) is 37.2 Å². The summed E-state index contributed by atoms with van der Waals surface area (Å²) in [5.74, 6) is 0.667. The van der Waals surface area contributed by atoms with Gasteiger partial charge < -0.3 is 19.7 Å². The highest BCUT2D eigenvalue weighted by Crippen LogP contribution is 2.26. The fourth-order valence-corrected chi connectivity index (χ4v) is 2.88. The molecule has 3 rings (SSSR count). The van der Waals surface area contributed by atoms with Crippen LogP contribution in [0.2, 0.25) is 5.02 Å². The van der Waals surface area contributed by atoms with Crippen molar-refractivity contribution >= 4 is 23.3 Å². The second kappa shape index (κ2) is 8.23. The molecule has 0 aromatic heterocycles. The molecule has 5 nitrogen and oxygen atoms in total. The van der Waals surface area contributed by atoms with E-state index in [0.717, 1.165) is 5.56 Å². The Labute approximate surface area is 152 Å². The molecule has 132 valence electrons. The molecule has 0 aliphatic carbocycles. The number of urea groups is 1. The van der Waals surface area contributed by atoms with Gasteiger partial charge in [-0.1, -0.05) is 35.9 Å². The van der Waals surface area contributed by atoms with Crippen LogP contribution >= 0.6 is 11.6 Å². The molecule has 1 atom stereocenters. The molecule has 0 saturated carbocycles. The van der Waals surface area contributed by atoms with Crippen LogP contribution in [0, 0.1) is 0 Å². The predicted molar refractivity (Wildman–Crippen MR) is 98.3 cm³/mol. The minimum atomic E-state index is -0.158. The number of morpholine rings is 1. The lowest BCUT2D eigenvalue weighted by Gasteiger charge is -2.33. The number of rotatable bonds is 4. The summed E-state index contributed by atoms with van der Waals surface area (Å²) >= 11 is 5.93. The largest absolute Gasteiger partial charge is 0.492 e. The van der Waals surface area contributed by atoms with Gasteiger partial charge in [-0.05, 0) is 36.8 Å². The highest BCUT2D eigenvalue weighted by Gasteiger charge is 2.25. The van der Waals surface area contributed by atoms with Crippen molar-refractivity contribution in [1.29, 1.82) is 0 Å². The fraction of sp³-hybridized carbons (Fsp3) is 0.316. The predicted octanol–water partition coefficient (Wildman–Crippen LogP) is 4.34. The number of nitrogens with zero attached hydrogens (tertiary/aromatic N) is 1. The Balaban J connectivity index is 1.67. The van der Waals surface area contributed by atoms with E-state index in [1.165, 1.54) is 0 Å². The number of ether oxygens (including phenoxy) is 2. The summed E-state index contributed by atoms with van der Waals surface area (Å²) in [6, 6.07) is 14.8. The van der Waals surface area contributed by atoms with Crippen LogP contribution in [0.25, 0.3) is 0 Å². The normalized spacial score (nSPS) is 17.2. The summed E-state index contributed by atoms with van der Waals surface area (Å²) in [6.07, 6.45) is -0.154. The minimum Gasteiger partial charge on any atom is -0.492 e. The molecule has 1 aliphatic heterocycles. The first-order valence-corrected chi connectivity index (χ1v) is 8.70. The maximum absolute atomic E-state index is 12.6. The molecule has 2 aromatic carbocycles. The van der Waals surface area contributed by atoms with Crippen molar-refractivity contribution in [2.24, 2.45) is 0 Å². The molecule has 1 unspecified atom stereocenters. The van der Waals surface area contributed by atoms with Gasteiger partial charge in [0, 0.05) is 11.6 Å². The van der Waals surface area contributed by atoms with Gasteiger partial charge in [-0.3, -0.25) is 0 Å². The van der Waals surface area contributed by atoms with Crippen molar-refractivity contribution in [2.45, 2.75) is 13.0 Å². The summed E-state index contributed by atoms with van der Waals surface area (Å²) in [4.78, 5) is 14.4. The van der Waals surface area contributed by atoms with Crippen molar-refractivity contribution in [3.05, 3.63) is 59.1 Å². The van der Waals surface area contributed by atoms with E-state index in [-0.39, 0.29) is 12.1 Å². The van der Waals surface area contributed by atoms with Crippen LogP contribution < -0.4 is 10.1 Å². The SMILES string of the molecule is CCOc1ccccc1NC(=O)N1CCOC(c2ccc(Cl)cc2)C1. The Bertz CT molecular complexity index is 721. The van der Waals surface area contributed by atoms with Crippen molar-refractivity contribution in [2.75, 3.05) is 31.6 Å². The molecular weight excluding hydrogens is 340 g/mol. The number of carbonyl (C=O) groups excluding carboxylic acids is 1. The first-order valence-electron chi connectivity index (χ1n) is 8.32. The van der Waals surface area contributed by atoms with Crippen molar-refractivity contribution in [3.8, 4) is 5.75 Å². The van der Waals surface area contributed by atoms with E-state index in [1.54, 1.807) is 4.90 Å². The van der Waals surface area contributed by atoms with E-state index >= 15 is 0 Å². The highest BCUT2D eigenvalue weighted by molar-refractivity contribution is 6.30. The van der Waals surface area contributed by atoms with Gasteiger partial charge in [-0.2, -0.15) is 0 Å². The summed E-state index contributed by atoms with van der Waals surface area (Å²) in [6.45, 7) is 3.99. The van der Waals surface area contributed by atoms with Crippen LogP contribution in [0.4, 0.5) is 10.5 Å². The summed E-state index contributed by atoms with van der Waals surface area (Å²) in [5, 5.41) is 3.61. The maximum atomic E-state index is 12.6. The lowest BCUT2D eigenvalue weighted by molar-refractivity contribution is -0.0135. The Kier molecular flexibility index (Phi) is 5.79. The van der Waals surface area contributed by atoms with Gasteiger partial charge in [0.05, 0.1) is 25.4 Å². The topological polar surface area (TPSA) is 50.8 Å². The zero-order chi connectivity index (χ0) is 17.6. The lowest BCUT2D eigenvalue weighted by Crippen LogP contribution is -2.44. The van der Waals surface area contributed by atoms with Gasteiger partial charge in [-0.15, -0.1) is 0 Å². The molecule has 1 saturated heterocycles. The second-order valence-electron chi connectivity index (χ2n) is 5.72. The smallest absolute Gasteiger partial charge is 0.322 e. The molecule has 1 aliphatic rings. The Morgan fingerprint density at radius 3 is 2.80 bits per heavy atom. The van der Waals surface area contributed by atoms with Crippen molar-refractivity contribution < 1.29 is 14.3 Å². The maximum Gasteiger partial charge on any atom is 0.322 e. The average molecular weight is 361 g/mol. The first kappa shape index (κ1) is 17.6. The van der Waals surface area contributed by atoms with Gasteiger partial charge in [0.25, 0.3) is 0 Å². The minimum absolute atomic E-state index is 0.154. The van der Waals surface area contributed by atoms with E-state index in [2.05, 4.69) is 5.32 Å². The van der Waals surface area contributed by atoms with Crippen molar-refractivity contribution in [3.63, 3.8) is 0 Å². The van der Waals surface area contributed by atoms with E-state index in [9.17, 15) is 4.79 Å². The number of amides is 2. The van der Waals surface area contributed by atoms with Gasteiger partial charge in [0.1, 0.15) is 11.9 Å². The van der Waals surface area contributed by atoms with E-state index in [0.29, 0.717) is 42.8 Å². The Hall–Kier alpha value is -2.24. The molecule has 0 bridgehead atoms. The molecule has 1 fully saturated rings. The number of hydrogen-bond acceptors (Lipinski definition) is 3. The molecule has 0 radical (unpaired) electrons. The van der Waals surface area contributed by atoms with Crippen LogP contribution in [0.15, 0.2) is 48.5 Å². The molecule has 0 spiro atoms. The molecule has 1 heterocycles. The number of anilines is 1. The van der Waals surface area contributed by atoms with Crippen LogP contribution in [0.1, 0.15) is 18.6 Å². The van der Waals surface area contributed by atoms with Crippen LogP contribution in [0.5, 0.6) is 5.75 Å². The number of para-hydroxylation sites is 2. The third-order valence-corrected chi connectivity index (χ3v) is 4.28. The third kappa shape index (κ3) is 4.44. The number of nitrogens with one attached hydrogen (secondary N) is 1. The quantitative estimate of drug-likeness (QED) is 0.882. The van der Waals surface area contributed by atoms with Gasteiger partial charge in [-0.25, -0.2) is 4.79 Å². The van der Waals surface area contributed by atoms with E-state index in [4.69, 9.17) is 21.1 Å². The zero-order valence-electron chi connectivity index (χ0n) is 14.1. The van der Waals surface area contributed by atoms with Crippen LogP contribution in [0.3, 0.4) is 0 Å². The van der Waals surface area contributed by atoms with Gasteiger partial charge >= 0.3 is 6.03 Å². The second-order valence-corrected chi connectivity index (χ2v) is 6.15. The van der Waals surface area contributed by atoms with Crippen LogP contribution in [-0.2, 0) is 4.74 Å². The highest BCUT2D eigenvalue weighted by atomic mass is 35.5. The fourth-order valence-electron chi connectivity index (χ4n) is 2.76. The molecule has 25 heavy (non-hydrogen) atoms. The number of carbonyl (C=O) groups is 1. The molecule has 2 aromatic rings. The van der Waals surface area contributed by atoms with E-state index < -0.39 is 0 Å². The van der Waals surface area contributed by atoms with E-state index in [1.807, 2.05) is 55.5 Å². The van der Waals surface area contributed by atoms with Crippen molar-refractivity contribution in [1.82, 2.24) is 4.90 Å². The van der Waals surface area contributed by atoms with Gasteiger partial charge in [0.15, 0.2) is 0 Å². The summed E-state index contributed by atoms with van der Waals surface area (Å²) < 4.78 is 11.4. The standard InChI is InChI=1S/C19H21ClN2O3/c1-2-24-17-6-4-3-5-16(17)21-19(23)22-11-12-25-18(13-22)14-7-9-15(20)10-8-14/h3-10,18H,2,11-13H2,1H3,(H,21,23). The average Bonchev–Trinajstić information content (AvgIpc) is 2.64. The number of halogens is 1. The summed E-state index contributed by atoms with van der Waals surface area (Å²) in [7, 11) is 0.